The van der Waals surface area contributed by atoms with Gasteiger partial charge >= 0.3 is 0 Å². The molecule has 0 aliphatic heterocycles. The summed E-state index contributed by atoms with van der Waals surface area (Å²) >= 11 is 0. The maximum absolute atomic E-state index is 11.5. The second-order valence-electron chi connectivity index (χ2n) is 9.82. The molecule has 5 aromatic rings. The summed E-state index contributed by atoms with van der Waals surface area (Å²) in [5.74, 6) is 2.03. The lowest BCUT2D eigenvalue weighted by molar-refractivity contribution is 0.601. The summed E-state index contributed by atoms with van der Waals surface area (Å²) in [6, 6.07) is 25.9. The van der Waals surface area contributed by atoms with Crippen LogP contribution in [0.5, 0.6) is 0 Å². The van der Waals surface area contributed by atoms with Crippen molar-refractivity contribution in [3.05, 3.63) is 96.2 Å². The van der Waals surface area contributed by atoms with Crippen LogP contribution in [0.3, 0.4) is 0 Å². The number of nitrogens with one attached hydrogen (secondary N) is 2. The zero-order valence-corrected chi connectivity index (χ0v) is 23.9. The summed E-state index contributed by atoms with van der Waals surface area (Å²) in [7, 11) is 0.900. The first kappa shape index (κ1) is 27.1. The Morgan fingerprint density at radius 3 is 2.38 bits per heavy atom. The lowest BCUT2D eigenvalue weighted by atomic mass is 10.1. The van der Waals surface area contributed by atoms with E-state index in [1.165, 1.54) is 6.26 Å². The third-order valence-electron chi connectivity index (χ3n) is 6.89. The lowest BCUT2D eigenvalue weighted by Crippen LogP contribution is -2.25. The van der Waals surface area contributed by atoms with E-state index >= 15 is 0 Å². The van der Waals surface area contributed by atoms with E-state index in [4.69, 9.17) is 9.97 Å². The maximum Gasteiger partial charge on any atom is 0.229 e. The number of anilines is 5. The van der Waals surface area contributed by atoms with Crippen LogP contribution in [0.1, 0.15) is 24.1 Å². The van der Waals surface area contributed by atoms with Crippen molar-refractivity contribution in [2.45, 2.75) is 19.4 Å². The molecule has 0 saturated heterocycles. The minimum absolute atomic E-state index is 0.0719. The van der Waals surface area contributed by atoms with Gasteiger partial charge in [0.2, 0.25) is 11.9 Å². The van der Waals surface area contributed by atoms with Gasteiger partial charge in [0.05, 0.1) is 22.8 Å². The van der Waals surface area contributed by atoms with Crippen molar-refractivity contribution in [3.63, 3.8) is 0 Å². The third kappa shape index (κ3) is 6.07. The Labute approximate surface area is 234 Å². The molecule has 10 heteroatoms. The number of rotatable bonds is 10. The zero-order valence-electron chi connectivity index (χ0n) is 23.0. The molecule has 1 atom stereocenters. The van der Waals surface area contributed by atoms with Crippen molar-refractivity contribution in [1.29, 1.82) is 0 Å². The highest BCUT2D eigenvalue weighted by molar-refractivity contribution is 7.90. The highest BCUT2D eigenvalue weighted by atomic mass is 32.2. The van der Waals surface area contributed by atoms with Crippen LogP contribution in [0.15, 0.2) is 85.1 Å². The van der Waals surface area contributed by atoms with Crippen molar-refractivity contribution < 1.29 is 8.42 Å². The third-order valence-corrected chi connectivity index (χ3v) is 7.84. The van der Waals surface area contributed by atoms with E-state index in [0.717, 1.165) is 39.5 Å². The van der Waals surface area contributed by atoms with Crippen molar-refractivity contribution in [2.75, 3.05) is 34.6 Å². The van der Waals surface area contributed by atoms with E-state index in [-0.39, 0.29) is 11.8 Å². The Morgan fingerprint density at radius 2 is 1.68 bits per heavy atom. The van der Waals surface area contributed by atoms with E-state index in [1.807, 2.05) is 74.8 Å². The molecule has 0 fully saturated rings. The van der Waals surface area contributed by atoms with Gasteiger partial charge < -0.3 is 15.2 Å². The van der Waals surface area contributed by atoms with Crippen molar-refractivity contribution in [1.82, 2.24) is 19.5 Å². The Hall–Kier alpha value is -4.44. The summed E-state index contributed by atoms with van der Waals surface area (Å²) in [4.78, 5) is 16.5. The summed E-state index contributed by atoms with van der Waals surface area (Å²) in [5.41, 5.74) is 5.79. The fourth-order valence-electron chi connectivity index (χ4n) is 4.64. The molecule has 2 N–H and O–H groups in total. The highest BCUT2D eigenvalue weighted by Gasteiger charge is 2.25. The first-order chi connectivity index (χ1) is 19.2. The number of aromatic nitrogens is 4. The zero-order chi connectivity index (χ0) is 28.3. The number of hydrogen-bond acceptors (Lipinski definition) is 8. The molecule has 0 saturated carbocycles. The number of sulfone groups is 1. The first-order valence-corrected chi connectivity index (χ1v) is 15.1. The molecule has 40 heavy (non-hydrogen) atoms. The Balaban J connectivity index is 1.49. The average molecular weight is 556 g/mol. The predicted molar refractivity (Wildman–Crippen MR) is 162 cm³/mol. The number of hydrogen-bond donors (Lipinski definition) is 2. The molecule has 2 heterocycles. The van der Waals surface area contributed by atoms with E-state index in [9.17, 15) is 8.42 Å². The van der Waals surface area contributed by atoms with Crippen LogP contribution in [0.4, 0.5) is 29.1 Å². The van der Waals surface area contributed by atoms with Gasteiger partial charge in [0.15, 0.2) is 0 Å². The van der Waals surface area contributed by atoms with Crippen molar-refractivity contribution in [2.24, 2.45) is 7.05 Å². The van der Waals surface area contributed by atoms with Crippen molar-refractivity contribution >= 4 is 50.0 Å². The number of aryl methyl sites for hydroxylation is 2. The molecule has 1 unspecified atom stereocenters. The first-order valence-electron chi connectivity index (χ1n) is 13.1. The molecule has 9 nitrogen and oxygen atoms in total. The minimum atomic E-state index is -3.01. The fourth-order valence-corrected chi connectivity index (χ4v) is 5.25. The van der Waals surface area contributed by atoms with Gasteiger partial charge in [-0.15, -0.1) is 0 Å². The molecule has 0 radical (unpaired) electrons. The van der Waals surface area contributed by atoms with Gasteiger partial charge in [-0.05, 0) is 60.9 Å². The highest BCUT2D eigenvalue weighted by Crippen LogP contribution is 2.35. The molecule has 206 valence electrons. The van der Waals surface area contributed by atoms with Gasteiger partial charge in [-0.1, -0.05) is 42.5 Å². The number of fused-ring (bicyclic) bond motifs is 1. The predicted octanol–water partition coefficient (Wildman–Crippen LogP) is 5.64. The fraction of sp³-hybridized carbons (Fsp3) is 0.233. The molecule has 0 bridgehead atoms. The van der Waals surface area contributed by atoms with Gasteiger partial charge in [0.1, 0.15) is 15.7 Å². The molecule has 0 spiro atoms. The van der Waals surface area contributed by atoms with Crippen molar-refractivity contribution in [3.8, 4) is 0 Å². The molecule has 5 rings (SSSR count). The summed E-state index contributed by atoms with van der Waals surface area (Å²) in [5, 5.41) is 6.47. The molecule has 0 aliphatic carbocycles. The SMILES string of the molecule is CNc1ccc2c(c1)nc(N(c1ccnc(Nc3ccc(CCS(C)(=O)=O)cc3)n1)C(C)c1ccccc1)n2C. The molecular weight excluding hydrogens is 522 g/mol. The molecule has 3 aromatic carbocycles. The monoisotopic (exact) mass is 555 g/mol. The van der Waals surface area contributed by atoms with Crippen LogP contribution in [0.25, 0.3) is 11.0 Å². The Bertz CT molecular complexity index is 1720. The average Bonchev–Trinajstić information content (AvgIpc) is 3.28. The molecule has 0 amide bonds. The van der Waals surface area contributed by atoms with Gasteiger partial charge in [-0.2, -0.15) is 4.98 Å². The standard InChI is InChI=1S/C30H33N7O2S/c1-21(23-8-6-5-7-9-23)37(30-34-26-20-25(31-2)14-15-27(26)36(30)3)28-16-18-32-29(35-28)33-24-12-10-22(11-13-24)17-19-40(4,38)39/h5-16,18,20-21,31H,17,19H2,1-4H3,(H,32,33,35). The van der Waals surface area contributed by atoms with Crippen LogP contribution in [0.2, 0.25) is 0 Å². The molecule has 2 aromatic heterocycles. The summed E-state index contributed by atoms with van der Waals surface area (Å²) in [6.45, 7) is 2.14. The van der Waals surface area contributed by atoms with Crippen LogP contribution in [-0.4, -0.2) is 47.0 Å². The van der Waals surface area contributed by atoms with Gasteiger partial charge in [0, 0.05) is 37.9 Å². The number of imidazole rings is 1. The smallest absolute Gasteiger partial charge is 0.229 e. The Morgan fingerprint density at radius 1 is 0.950 bits per heavy atom. The van der Waals surface area contributed by atoms with Gasteiger partial charge in [0.25, 0.3) is 0 Å². The molecular formula is C30H33N7O2S. The van der Waals surface area contributed by atoms with Crippen LogP contribution in [-0.2, 0) is 23.3 Å². The normalized spacial score (nSPS) is 12.3. The quantitative estimate of drug-likeness (QED) is 0.228. The molecule has 0 aliphatic rings. The van der Waals surface area contributed by atoms with E-state index in [2.05, 4.69) is 50.2 Å². The lowest BCUT2D eigenvalue weighted by Gasteiger charge is -2.29. The topological polar surface area (TPSA) is 105 Å². The van der Waals surface area contributed by atoms with Gasteiger partial charge in [-0.3, -0.25) is 4.90 Å². The van der Waals surface area contributed by atoms with Crippen LogP contribution < -0.4 is 15.5 Å². The van der Waals surface area contributed by atoms with E-state index < -0.39 is 9.84 Å². The van der Waals surface area contributed by atoms with E-state index in [1.54, 1.807) is 6.20 Å². The van der Waals surface area contributed by atoms with Crippen LogP contribution in [0, 0.1) is 0 Å². The largest absolute Gasteiger partial charge is 0.388 e. The maximum atomic E-state index is 11.5. The second-order valence-corrected chi connectivity index (χ2v) is 12.1. The number of benzene rings is 3. The minimum Gasteiger partial charge on any atom is -0.388 e. The summed E-state index contributed by atoms with van der Waals surface area (Å²) in [6.07, 6.45) is 3.46. The van der Waals surface area contributed by atoms with Gasteiger partial charge in [-0.25, -0.2) is 18.4 Å². The van der Waals surface area contributed by atoms with Crippen LogP contribution >= 0.6 is 0 Å². The Kier molecular flexibility index (Phi) is 7.70. The second kappa shape index (κ2) is 11.4. The van der Waals surface area contributed by atoms with E-state index in [0.29, 0.717) is 18.2 Å². The summed E-state index contributed by atoms with van der Waals surface area (Å²) < 4.78 is 25.1. The number of nitrogens with zero attached hydrogens (tertiary/aromatic N) is 5.